The second kappa shape index (κ2) is 7.09. The predicted octanol–water partition coefficient (Wildman–Crippen LogP) is 4.13. The third kappa shape index (κ3) is 3.77. The highest BCUT2D eigenvalue weighted by Crippen LogP contribution is 2.34. The molecule has 0 saturated heterocycles. The molecule has 2 aromatic rings. The number of fused-ring (bicyclic) bond motifs is 1. The van der Waals surface area contributed by atoms with Gasteiger partial charge < -0.3 is 9.15 Å². The second-order valence-corrected chi connectivity index (χ2v) is 5.74. The van der Waals surface area contributed by atoms with Crippen molar-refractivity contribution >= 4 is 22.8 Å². The van der Waals surface area contributed by atoms with Gasteiger partial charge in [-0.2, -0.15) is 0 Å². The summed E-state index contributed by atoms with van der Waals surface area (Å²) in [5, 5.41) is 0.745. The van der Waals surface area contributed by atoms with Gasteiger partial charge in [0, 0.05) is 17.0 Å². The van der Waals surface area contributed by atoms with Crippen LogP contribution < -0.4 is 10.4 Å². The number of rotatable bonds is 5. The van der Waals surface area contributed by atoms with E-state index in [0.29, 0.717) is 29.1 Å². The quantitative estimate of drug-likeness (QED) is 0.360. The van der Waals surface area contributed by atoms with E-state index >= 15 is 0 Å². The lowest BCUT2D eigenvalue weighted by Gasteiger charge is -2.13. The van der Waals surface area contributed by atoms with Gasteiger partial charge in [-0.1, -0.05) is 11.1 Å². The van der Waals surface area contributed by atoms with Crippen molar-refractivity contribution in [3.63, 3.8) is 0 Å². The standard InChI is InChI=1S/C19H20O4/c1-12(2)9-10-22-16-7-5-14-6-8-17(21)23-19(14)18(16)15(11-20)13(3)4/h5-9,11H,10H2,1-4H3. The topological polar surface area (TPSA) is 56.5 Å². The summed E-state index contributed by atoms with van der Waals surface area (Å²) < 4.78 is 11.1. The molecular formula is C19H20O4. The molecule has 0 spiro atoms. The fraction of sp³-hybridized carbons (Fsp3) is 0.263. The molecule has 0 aliphatic heterocycles. The molecule has 1 aromatic carbocycles. The molecule has 2 rings (SSSR count). The molecule has 0 saturated carbocycles. The van der Waals surface area contributed by atoms with Crippen LogP contribution in [0.3, 0.4) is 0 Å². The van der Waals surface area contributed by atoms with Crippen molar-refractivity contribution in [3.8, 4) is 5.75 Å². The first-order valence-corrected chi connectivity index (χ1v) is 7.40. The van der Waals surface area contributed by atoms with Crippen molar-refractivity contribution in [2.24, 2.45) is 0 Å². The van der Waals surface area contributed by atoms with E-state index in [1.165, 1.54) is 6.07 Å². The number of carbonyl (C=O) groups excluding carboxylic acids is 1. The van der Waals surface area contributed by atoms with Crippen LogP contribution in [0.15, 0.2) is 50.7 Å². The number of hydrogen-bond acceptors (Lipinski definition) is 4. The summed E-state index contributed by atoms with van der Waals surface area (Å²) in [6, 6.07) is 6.65. The highest BCUT2D eigenvalue weighted by atomic mass is 16.5. The van der Waals surface area contributed by atoms with Crippen LogP contribution in [0.25, 0.3) is 16.5 Å². The van der Waals surface area contributed by atoms with Crippen molar-refractivity contribution < 1.29 is 13.9 Å². The Hall–Kier alpha value is -2.62. The molecule has 4 heteroatoms. The molecule has 0 N–H and O–H groups in total. The molecule has 0 radical (unpaired) electrons. The third-order valence-corrected chi connectivity index (χ3v) is 3.41. The number of benzene rings is 1. The minimum absolute atomic E-state index is 0.371. The lowest BCUT2D eigenvalue weighted by atomic mass is 9.99. The first kappa shape index (κ1) is 16.7. The van der Waals surface area contributed by atoms with E-state index in [4.69, 9.17) is 9.15 Å². The van der Waals surface area contributed by atoms with Gasteiger partial charge in [0.1, 0.15) is 17.9 Å². The van der Waals surface area contributed by atoms with Gasteiger partial charge in [0.2, 0.25) is 0 Å². The first-order chi connectivity index (χ1) is 10.9. The maximum atomic E-state index is 11.6. The number of allylic oxidation sites excluding steroid dienone is 3. The van der Waals surface area contributed by atoms with Crippen LogP contribution in [-0.2, 0) is 4.79 Å². The van der Waals surface area contributed by atoms with E-state index in [1.54, 1.807) is 12.1 Å². The normalized spacial score (nSPS) is 10.3. The molecule has 4 nitrogen and oxygen atoms in total. The summed E-state index contributed by atoms with van der Waals surface area (Å²) >= 11 is 0. The van der Waals surface area contributed by atoms with Crippen molar-refractivity contribution in [2.45, 2.75) is 27.7 Å². The van der Waals surface area contributed by atoms with Crippen molar-refractivity contribution in [1.29, 1.82) is 0 Å². The van der Waals surface area contributed by atoms with Crippen LogP contribution in [-0.4, -0.2) is 12.9 Å². The van der Waals surface area contributed by atoms with Gasteiger partial charge in [-0.15, -0.1) is 0 Å². The molecule has 1 aromatic heterocycles. The van der Waals surface area contributed by atoms with E-state index in [1.807, 2.05) is 39.8 Å². The smallest absolute Gasteiger partial charge is 0.336 e. The highest BCUT2D eigenvalue weighted by Gasteiger charge is 2.17. The van der Waals surface area contributed by atoms with E-state index in [9.17, 15) is 9.59 Å². The SMILES string of the molecule is CC(C)=CCOc1ccc2ccc(=O)oc2c1C(C=O)=C(C)C. The Balaban J connectivity index is 2.71. The number of hydrogen-bond donors (Lipinski definition) is 0. The maximum absolute atomic E-state index is 11.6. The number of aldehydes is 1. The van der Waals surface area contributed by atoms with E-state index in [0.717, 1.165) is 22.8 Å². The Morgan fingerprint density at radius 3 is 2.43 bits per heavy atom. The number of carbonyl (C=O) groups is 1. The van der Waals surface area contributed by atoms with Crippen molar-refractivity contribution in [3.05, 3.63) is 57.5 Å². The molecule has 1 heterocycles. The Morgan fingerprint density at radius 2 is 1.83 bits per heavy atom. The second-order valence-electron chi connectivity index (χ2n) is 5.74. The van der Waals surface area contributed by atoms with Crippen LogP contribution >= 0.6 is 0 Å². The van der Waals surface area contributed by atoms with Crippen LogP contribution in [0.1, 0.15) is 33.3 Å². The van der Waals surface area contributed by atoms with Crippen molar-refractivity contribution in [1.82, 2.24) is 0 Å². The lowest BCUT2D eigenvalue weighted by molar-refractivity contribution is -0.103. The Labute approximate surface area is 135 Å². The summed E-state index contributed by atoms with van der Waals surface area (Å²) in [6.45, 7) is 8.02. The number of ether oxygens (including phenoxy) is 1. The summed E-state index contributed by atoms with van der Waals surface area (Å²) in [4.78, 5) is 23.2. The first-order valence-electron chi connectivity index (χ1n) is 7.40. The maximum Gasteiger partial charge on any atom is 0.336 e. The van der Waals surface area contributed by atoms with Crippen LogP contribution in [0.5, 0.6) is 5.75 Å². The van der Waals surface area contributed by atoms with Gasteiger partial charge in [0.25, 0.3) is 0 Å². The largest absolute Gasteiger partial charge is 0.489 e. The molecule has 0 bridgehead atoms. The predicted molar refractivity (Wildman–Crippen MR) is 91.7 cm³/mol. The zero-order chi connectivity index (χ0) is 17.0. The van der Waals surface area contributed by atoms with Crippen LogP contribution in [0.4, 0.5) is 0 Å². The average Bonchev–Trinajstić information content (AvgIpc) is 2.48. The molecule has 120 valence electrons. The van der Waals surface area contributed by atoms with Gasteiger partial charge in [0.05, 0.1) is 5.56 Å². The highest BCUT2D eigenvalue weighted by molar-refractivity contribution is 6.13. The molecule has 23 heavy (non-hydrogen) atoms. The molecule has 0 atom stereocenters. The molecule has 0 aliphatic rings. The molecular weight excluding hydrogens is 292 g/mol. The van der Waals surface area contributed by atoms with E-state index < -0.39 is 5.63 Å². The molecule has 0 unspecified atom stereocenters. The Bertz CT molecular complexity index is 845. The monoisotopic (exact) mass is 312 g/mol. The molecule has 0 fully saturated rings. The fourth-order valence-electron chi connectivity index (χ4n) is 2.21. The summed E-state index contributed by atoms with van der Waals surface area (Å²) in [5.74, 6) is 0.521. The third-order valence-electron chi connectivity index (χ3n) is 3.41. The van der Waals surface area contributed by atoms with Crippen LogP contribution in [0.2, 0.25) is 0 Å². The molecule has 0 aliphatic carbocycles. The summed E-state index contributed by atoms with van der Waals surface area (Å²) in [7, 11) is 0. The van der Waals surface area contributed by atoms with E-state index in [-0.39, 0.29) is 0 Å². The Morgan fingerprint density at radius 1 is 1.13 bits per heavy atom. The summed E-state index contributed by atoms with van der Waals surface area (Å²) in [5.41, 5.74) is 2.87. The summed E-state index contributed by atoms with van der Waals surface area (Å²) in [6.07, 6.45) is 2.71. The minimum Gasteiger partial charge on any atom is -0.489 e. The van der Waals surface area contributed by atoms with Gasteiger partial charge in [-0.05, 0) is 52.0 Å². The van der Waals surface area contributed by atoms with Gasteiger partial charge in [-0.3, -0.25) is 4.79 Å². The minimum atomic E-state index is -0.459. The van der Waals surface area contributed by atoms with Gasteiger partial charge in [0.15, 0.2) is 6.29 Å². The average molecular weight is 312 g/mol. The lowest BCUT2D eigenvalue weighted by Crippen LogP contribution is -2.03. The zero-order valence-electron chi connectivity index (χ0n) is 13.8. The van der Waals surface area contributed by atoms with Crippen molar-refractivity contribution in [2.75, 3.05) is 6.61 Å². The molecule has 0 amide bonds. The Kier molecular flexibility index (Phi) is 5.16. The van der Waals surface area contributed by atoms with Crippen LogP contribution in [0, 0.1) is 0 Å². The zero-order valence-corrected chi connectivity index (χ0v) is 13.8. The fourth-order valence-corrected chi connectivity index (χ4v) is 2.21. The van der Waals surface area contributed by atoms with E-state index in [2.05, 4.69) is 0 Å². The van der Waals surface area contributed by atoms with Gasteiger partial charge in [-0.25, -0.2) is 4.79 Å². The van der Waals surface area contributed by atoms with Gasteiger partial charge >= 0.3 is 5.63 Å².